The Morgan fingerprint density at radius 3 is 2.36 bits per heavy atom. The number of fused-ring (bicyclic) bond motifs is 1. The Morgan fingerprint density at radius 1 is 1.14 bits per heavy atom. The van der Waals surface area contributed by atoms with E-state index >= 15 is 0 Å². The van der Waals surface area contributed by atoms with Crippen LogP contribution in [-0.4, -0.2) is 48.4 Å². The molecule has 2 fully saturated rings. The van der Waals surface area contributed by atoms with E-state index in [2.05, 4.69) is 70.5 Å². The first-order valence-corrected chi connectivity index (χ1v) is 11.9. The molecule has 2 aliphatic heterocycles. The molecule has 1 aromatic carbocycles. The van der Waals surface area contributed by atoms with Crippen molar-refractivity contribution in [3.63, 3.8) is 0 Å². The van der Waals surface area contributed by atoms with E-state index in [-0.39, 0.29) is 11.9 Å². The SMILES string of the molecule is Cc1sc(C)c(C(=O)N2CC3CN(CC[C@H](N)c4ccccc4)CC3C2)c1I. The van der Waals surface area contributed by atoms with Gasteiger partial charge in [-0.1, -0.05) is 30.3 Å². The van der Waals surface area contributed by atoms with E-state index in [1.54, 1.807) is 11.3 Å². The van der Waals surface area contributed by atoms with Crippen molar-refractivity contribution >= 4 is 39.8 Å². The molecule has 28 heavy (non-hydrogen) atoms. The maximum absolute atomic E-state index is 13.1. The van der Waals surface area contributed by atoms with Crippen LogP contribution in [0, 0.1) is 29.3 Å². The van der Waals surface area contributed by atoms with Gasteiger partial charge in [0, 0.05) is 45.5 Å². The number of hydrogen-bond donors (Lipinski definition) is 1. The summed E-state index contributed by atoms with van der Waals surface area (Å²) >= 11 is 4.07. The number of nitrogens with two attached hydrogens (primary N) is 1. The zero-order valence-electron chi connectivity index (χ0n) is 16.5. The van der Waals surface area contributed by atoms with Gasteiger partial charge in [-0.15, -0.1) is 11.3 Å². The van der Waals surface area contributed by atoms with Crippen molar-refractivity contribution in [3.05, 3.63) is 54.8 Å². The molecule has 150 valence electrons. The van der Waals surface area contributed by atoms with Crippen LogP contribution in [0.15, 0.2) is 30.3 Å². The molecule has 2 aromatic rings. The van der Waals surface area contributed by atoms with Crippen molar-refractivity contribution < 1.29 is 4.79 Å². The standard InChI is InChI=1S/C22H28IN3OS/c1-14-20(21(23)15(2)28-14)22(27)26-12-17-10-25(11-18(17)13-26)9-8-19(24)16-6-4-3-5-7-16/h3-7,17-19H,8-13,24H2,1-2H3/t17?,18?,19-/m0/s1. The fourth-order valence-electron chi connectivity index (χ4n) is 4.69. The van der Waals surface area contributed by atoms with E-state index < -0.39 is 0 Å². The topological polar surface area (TPSA) is 49.6 Å². The van der Waals surface area contributed by atoms with Gasteiger partial charge in [0.1, 0.15) is 0 Å². The number of halogens is 1. The molecule has 4 rings (SSSR count). The first-order chi connectivity index (χ1) is 13.4. The average molecular weight is 509 g/mol. The largest absolute Gasteiger partial charge is 0.338 e. The maximum Gasteiger partial charge on any atom is 0.256 e. The van der Waals surface area contributed by atoms with E-state index in [1.165, 1.54) is 10.4 Å². The molecule has 1 amide bonds. The van der Waals surface area contributed by atoms with Gasteiger partial charge in [0.25, 0.3) is 5.91 Å². The number of likely N-dealkylation sites (tertiary alicyclic amines) is 2. The Morgan fingerprint density at radius 2 is 1.79 bits per heavy atom. The second kappa shape index (κ2) is 8.42. The number of nitrogens with zero attached hydrogens (tertiary/aromatic N) is 2. The molecule has 2 unspecified atom stereocenters. The predicted octanol–water partition coefficient (Wildman–Crippen LogP) is 4.06. The minimum absolute atomic E-state index is 0.103. The van der Waals surface area contributed by atoms with Crippen molar-refractivity contribution in [2.45, 2.75) is 26.3 Å². The smallest absolute Gasteiger partial charge is 0.256 e. The van der Waals surface area contributed by atoms with Crippen LogP contribution in [0.4, 0.5) is 0 Å². The first kappa shape index (κ1) is 20.3. The van der Waals surface area contributed by atoms with Gasteiger partial charge < -0.3 is 15.5 Å². The van der Waals surface area contributed by atoms with E-state index in [0.29, 0.717) is 11.8 Å². The number of amides is 1. The molecule has 0 bridgehead atoms. The number of carbonyl (C=O) groups excluding carboxylic acids is 1. The zero-order chi connectivity index (χ0) is 19.8. The summed E-state index contributed by atoms with van der Waals surface area (Å²) in [6, 6.07) is 10.5. The van der Waals surface area contributed by atoms with E-state index in [0.717, 1.165) is 53.2 Å². The first-order valence-electron chi connectivity index (χ1n) is 10.0. The summed E-state index contributed by atoms with van der Waals surface area (Å²) in [4.78, 5) is 20.1. The summed E-state index contributed by atoms with van der Waals surface area (Å²) in [6.45, 7) is 9.19. The van der Waals surface area contributed by atoms with Crippen LogP contribution in [0.1, 0.15) is 38.1 Å². The summed E-state index contributed by atoms with van der Waals surface area (Å²) in [5.41, 5.74) is 8.52. The molecule has 0 saturated carbocycles. The lowest BCUT2D eigenvalue weighted by molar-refractivity contribution is 0.0772. The summed E-state index contributed by atoms with van der Waals surface area (Å²) in [7, 11) is 0. The molecule has 2 saturated heterocycles. The lowest BCUT2D eigenvalue weighted by Gasteiger charge is -2.23. The molecule has 3 heterocycles. The van der Waals surface area contributed by atoms with Crippen molar-refractivity contribution in [3.8, 4) is 0 Å². The summed E-state index contributed by atoms with van der Waals surface area (Å²) in [5, 5.41) is 0. The number of benzene rings is 1. The molecule has 4 nitrogen and oxygen atoms in total. The van der Waals surface area contributed by atoms with Crippen LogP contribution in [-0.2, 0) is 0 Å². The molecular formula is C22H28IN3OS. The normalized spacial score (nSPS) is 23.2. The fourth-order valence-corrected chi connectivity index (χ4v) is 6.78. The third-order valence-electron chi connectivity index (χ3n) is 6.23. The van der Waals surface area contributed by atoms with Gasteiger partial charge in [0.05, 0.1) is 5.56 Å². The number of carbonyl (C=O) groups is 1. The molecule has 1 aromatic heterocycles. The monoisotopic (exact) mass is 509 g/mol. The van der Waals surface area contributed by atoms with Gasteiger partial charge in [-0.3, -0.25) is 4.79 Å². The number of thiophene rings is 1. The fraction of sp³-hybridized carbons (Fsp3) is 0.500. The number of aryl methyl sites for hydroxylation is 2. The summed E-state index contributed by atoms with van der Waals surface area (Å²) in [5.74, 6) is 1.45. The van der Waals surface area contributed by atoms with Crippen LogP contribution in [0.3, 0.4) is 0 Å². The summed E-state index contributed by atoms with van der Waals surface area (Å²) < 4.78 is 1.14. The molecule has 6 heteroatoms. The highest BCUT2D eigenvalue weighted by Crippen LogP contribution is 2.35. The van der Waals surface area contributed by atoms with Gasteiger partial charge >= 0.3 is 0 Å². The van der Waals surface area contributed by atoms with Crippen molar-refractivity contribution in [1.29, 1.82) is 0 Å². The van der Waals surface area contributed by atoms with E-state index in [4.69, 9.17) is 5.73 Å². The van der Waals surface area contributed by atoms with Crippen LogP contribution in [0.5, 0.6) is 0 Å². The number of rotatable bonds is 5. The highest BCUT2D eigenvalue weighted by Gasteiger charge is 2.42. The van der Waals surface area contributed by atoms with Crippen LogP contribution >= 0.6 is 33.9 Å². The van der Waals surface area contributed by atoms with Crippen LogP contribution in [0.25, 0.3) is 0 Å². The summed E-state index contributed by atoms with van der Waals surface area (Å²) in [6.07, 6.45) is 0.984. The van der Waals surface area contributed by atoms with Crippen molar-refractivity contribution in [1.82, 2.24) is 9.80 Å². The van der Waals surface area contributed by atoms with Gasteiger partial charge in [-0.2, -0.15) is 0 Å². The molecule has 0 aliphatic carbocycles. The quantitative estimate of drug-likeness (QED) is 0.619. The lowest BCUT2D eigenvalue weighted by Crippen LogP contribution is -2.34. The minimum atomic E-state index is 0.103. The highest BCUT2D eigenvalue weighted by molar-refractivity contribution is 14.1. The van der Waals surface area contributed by atoms with Crippen LogP contribution < -0.4 is 5.73 Å². The van der Waals surface area contributed by atoms with Gasteiger partial charge in [-0.25, -0.2) is 0 Å². The van der Waals surface area contributed by atoms with E-state index in [1.807, 2.05) is 6.07 Å². The van der Waals surface area contributed by atoms with Crippen molar-refractivity contribution in [2.24, 2.45) is 17.6 Å². The second-order valence-corrected chi connectivity index (χ2v) is 10.7. The lowest BCUT2D eigenvalue weighted by atomic mass is 10.0. The van der Waals surface area contributed by atoms with Gasteiger partial charge in [-0.05, 0) is 66.8 Å². The Kier molecular flexibility index (Phi) is 6.11. The molecule has 0 radical (unpaired) electrons. The van der Waals surface area contributed by atoms with E-state index in [9.17, 15) is 4.79 Å². The molecule has 2 aliphatic rings. The maximum atomic E-state index is 13.1. The average Bonchev–Trinajstić information content (AvgIpc) is 3.32. The Bertz CT molecular complexity index is 839. The minimum Gasteiger partial charge on any atom is -0.338 e. The Hall–Kier alpha value is -0.960. The van der Waals surface area contributed by atoms with Gasteiger partial charge in [0.15, 0.2) is 0 Å². The number of hydrogen-bond acceptors (Lipinski definition) is 4. The second-order valence-electron chi connectivity index (χ2n) is 8.20. The molecular weight excluding hydrogens is 481 g/mol. The Labute approximate surface area is 185 Å². The predicted molar refractivity (Wildman–Crippen MR) is 124 cm³/mol. The molecule has 3 atom stereocenters. The highest BCUT2D eigenvalue weighted by atomic mass is 127. The van der Waals surface area contributed by atoms with Crippen LogP contribution in [0.2, 0.25) is 0 Å². The zero-order valence-corrected chi connectivity index (χ0v) is 19.5. The molecule has 2 N–H and O–H groups in total. The van der Waals surface area contributed by atoms with Crippen molar-refractivity contribution in [2.75, 3.05) is 32.7 Å². The van der Waals surface area contributed by atoms with Gasteiger partial charge in [0.2, 0.25) is 0 Å². The Balaban J connectivity index is 1.30. The molecule has 0 spiro atoms. The third kappa shape index (κ3) is 4.01. The third-order valence-corrected chi connectivity index (χ3v) is 8.97.